The molecule has 1 heterocycles. The van der Waals surface area contributed by atoms with Crippen LogP contribution in [0.5, 0.6) is 0 Å². The molecule has 1 aliphatic rings. The molecule has 0 radical (unpaired) electrons. The van der Waals surface area contributed by atoms with Gasteiger partial charge in [-0.25, -0.2) is 4.21 Å². The zero-order chi connectivity index (χ0) is 9.68. The van der Waals surface area contributed by atoms with Gasteiger partial charge in [-0.1, -0.05) is 13.3 Å². The van der Waals surface area contributed by atoms with Gasteiger partial charge in [-0.3, -0.25) is 0 Å². The van der Waals surface area contributed by atoms with E-state index in [9.17, 15) is 4.21 Å². The Hall–Kier alpha value is 0.0300. The minimum Gasteiger partial charge on any atom is -0.378 e. The maximum atomic E-state index is 11.0. The van der Waals surface area contributed by atoms with Gasteiger partial charge in [0.25, 0.3) is 0 Å². The first kappa shape index (κ1) is 11.1. The first-order valence-electron chi connectivity index (χ1n) is 4.66. The van der Waals surface area contributed by atoms with Crippen LogP contribution in [0.4, 0.5) is 0 Å². The Balaban J connectivity index is 2.46. The van der Waals surface area contributed by atoms with Crippen molar-refractivity contribution in [2.45, 2.75) is 31.1 Å². The van der Waals surface area contributed by atoms with E-state index in [2.05, 4.69) is 5.32 Å². The molecule has 0 bridgehead atoms. The van der Waals surface area contributed by atoms with Gasteiger partial charge in [0.15, 0.2) is 11.1 Å². The van der Waals surface area contributed by atoms with Crippen molar-refractivity contribution in [3.8, 4) is 0 Å². The Morgan fingerprint density at radius 3 is 3.00 bits per heavy atom. The van der Waals surface area contributed by atoms with Gasteiger partial charge in [-0.2, -0.15) is 0 Å². The molecule has 78 valence electrons. The lowest BCUT2D eigenvalue weighted by Gasteiger charge is -2.28. The smallest absolute Gasteiger partial charge is 0.157 e. The van der Waals surface area contributed by atoms with Crippen LogP contribution in [0.2, 0.25) is 0 Å². The van der Waals surface area contributed by atoms with Gasteiger partial charge in [-0.15, -0.1) is 0 Å². The van der Waals surface area contributed by atoms with Crippen LogP contribution < -0.4 is 5.32 Å². The quantitative estimate of drug-likeness (QED) is 0.654. The lowest BCUT2D eigenvalue weighted by atomic mass is 10.1. The van der Waals surface area contributed by atoms with Gasteiger partial charge in [0.2, 0.25) is 0 Å². The van der Waals surface area contributed by atoms with Gasteiger partial charge in [0.1, 0.15) is 0 Å². The van der Waals surface area contributed by atoms with Crippen molar-refractivity contribution in [2.24, 2.45) is 0 Å². The van der Waals surface area contributed by atoms with Crippen molar-refractivity contribution in [1.29, 1.82) is 0 Å². The number of hydrogen-bond acceptors (Lipinski definition) is 3. The first-order valence-corrected chi connectivity index (χ1v) is 5.83. The Morgan fingerprint density at radius 2 is 2.54 bits per heavy atom. The van der Waals surface area contributed by atoms with Crippen LogP contribution in [-0.4, -0.2) is 39.8 Å². The summed E-state index contributed by atoms with van der Waals surface area (Å²) >= 11 is -1.74. The maximum Gasteiger partial charge on any atom is 0.157 e. The third-order valence-electron chi connectivity index (χ3n) is 2.23. The van der Waals surface area contributed by atoms with Crippen LogP contribution in [0.3, 0.4) is 0 Å². The van der Waals surface area contributed by atoms with Crippen LogP contribution in [0, 0.1) is 0 Å². The normalized spacial score (nSPS) is 28.3. The van der Waals surface area contributed by atoms with E-state index >= 15 is 0 Å². The van der Waals surface area contributed by atoms with Crippen molar-refractivity contribution in [3.63, 3.8) is 0 Å². The van der Waals surface area contributed by atoms with Crippen molar-refractivity contribution < 1.29 is 13.5 Å². The monoisotopic (exact) mass is 207 g/mol. The molecule has 4 nitrogen and oxygen atoms in total. The molecule has 1 saturated heterocycles. The molecule has 13 heavy (non-hydrogen) atoms. The highest BCUT2D eigenvalue weighted by Crippen LogP contribution is 2.11. The molecule has 2 N–H and O–H groups in total. The van der Waals surface area contributed by atoms with Crippen molar-refractivity contribution >= 4 is 11.1 Å². The van der Waals surface area contributed by atoms with E-state index < -0.39 is 11.1 Å². The van der Waals surface area contributed by atoms with Crippen LogP contribution in [0.1, 0.15) is 19.8 Å². The van der Waals surface area contributed by atoms with Gasteiger partial charge in [-0.05, 0) is 6.42 Å². The van der Waals surface area contributed by atoms with Crippen LogP contribution >= 0.6 is 0 Å². The summed E-state index contributed by atoms with van der Waals surface area (Å²) in [5, 5.41) is 3.02. The fourth-order valence-corrected chi connectivity index (χ4v) is 2.44. The molecule has 0 aromatic carbocycles. The Labute approximate surface area is 81.3 Å². The summed E-state index contributed by atoms with van der Waals surface area (Å²) in [6, 6.07) is 0.0412. The molecule has 1 aliphatic heterocycles. The molecule has 1 fully saturated rings. The predicted octanol–water partition coefficient (Wildman–Crippen LogP) is 0.365. The number of nitrogens with one attached hydrogen (secondary N) is 1. The first-order chi connectivity index (χ1) is 6.25. The largest absolute Gasteiger partial charge is 0.378 e. The van der Waals surface area contributed by atoms with E-state index in [4.69, 9.17) is 9.29 Å². The molecule has 5 heteroatoms. The van der Waals surface area contributed by atoms with Gasteiger partial charge >= 0.3 is 0 Å². The predicted molar refractivity (Wildman–Crippen MR) is 52.1 cm³/mol. The average Bonchev–Trinajstić information content (AvgIpc) is 2.15. The summed E-state index contributed by atoms with van der Waals surface area (Å²) in [6.07, 6.45) is 1.69. The lowest BCUT2D eigenvalue weighted by Crippen LogP contribution is -2.50. The number of rotatable bonds is 4. The molecule has 3 atom stereocenters. The zero-order valence-electron chi connectivity index (χ0n) is 7.86. The van der Waals surface area contributed by atoms with Gasteiger partial charge in [0, 0.05) is 12.6 Å². The fourth-order valence-electron chi connectivity index (χ4n) is 1.55. The second-order valence-electron chi connectivity index (χ2n) is 3.24. The fraction of sp³-hybridized carbons (Fsp3) is 1.00. The van der Waals surface area contributed by atoms with Crippen molar-refractivity contribution in [1.82, 2.24) is 5.32 Å². The van der Waals surface area contributed by atoms with E-state index in [1.165, 1.54) is 0 Å². The highest BCUT2D eigenvalue weighted by atomic mass is 32.2. The SMILES string of the molecule is CCCC(C1COCCN1)S(=O)O. The van der Waals surface area contributed by atoms with Crippen molar-refractivity contribution in [3.05, 3.63) is 0 Å². The Kier molecular flexibility index (Phi) is 4.87. The molecular formula is C8H17NO3S. The summed E-state index contributed by atoms with van der Waals surface area (Å²) in [6.45, 7) is 4.05. The summed E-state index contributed by atoms with van der Waals surface area (Å²) in [5.74, 6) is 0. The second-order valence-corrected chi connectivity index (χ2v) is 4.40. The molecule has 0 aliphatic carbocycles. The van der Waals surface area contributed by atoms with Gasteiger partial charge in [0.05, 0.1) is 18.5 Å². The summed E-state index contributed by atoms with van der Waals surface area (Å²) in [5.41, 5.74) is 0. The van der Waals surface area contributed by atoms with E-state index in [0.717, 1.165) is 19.4 Å². The average molecular weight is 207 g/mol. The van der Waals surface area contributed by atoms with E-state index in [1.807, 2.05) is 6.92 Å². The lowest BCUT2D eigenvalue weighted by molar-refractivity contribution is 0.0743. The van der Waals surface area contributed by atoms with E-state index in [1.54, 1.807) is 0 Å². The Bertz CT molecular complexity index is 171. The zero-order valence-corrected chi connectivity index (χ0v) is 8.68. The van der Waals surface area contributed by atoms with Crippen LogP contribution in [-0.2, 0) is 15.8 Å². The highest BCUT2D eigenvalue weighted by Gasteiger charge is 2.27. The summed E-state index contributed by atoms with van der Waals surface area (Å²) in [7, 11) is 0. The topological polar surface area (TPSA) is 58.6 Å². The van der Waals surface area contributed by atoms with E-state index in [0.29, 0.717) is 13.2 Å². The third kappa shape index (κ3) is 3.34. The number of hydrogen-bond donors (Lipinski definition) is 2. The minimum absolute atomic E-state index is 0.0412. The van der Waals surface area contributed by atoms with Crippen LogP contribution in [0.15, 0.2) is 0 Å². The molecule has 3 unspecified atom stereocenters. The maximum absolute atomic E-state index is 11.0. The highest BCUT2D eigenvalue weighted by molar-refractivity contribution is 7.80. The van der Waals surface area contributed by atoms with Crippen LogP contribution in [0.25, 0.3) is 0 Å². The van der Waals surface area contributed by atoms with Gasteiger partial charge < -0.3 is 14.6 Å². The molecule has 0 aromatic heterocycles. The summed E-state index contributed by atoms with van der Waals surface area (Å²) < 4.78 is 25.3. The molecule has 0 amide bonds. The minimum atomic E-state index is -1.74. The number of ether oxygens (including phenoxy) is 1. The molecule has 0 saturated carbocycles. The van der Waals surface area contributed by atoms with Crippen molar-refractivity contribution in [2.75, 3.05) is 19.8 Å². The standard InChI is InChI=1S/C8H17NO3S/c1-2-3-8(13(10)11)7-6-12-5-4-9-7/h7-9H,2-6H2,1H3,(H,10,11). The molecule has 1 rings (SSSR count). The molecule has 0 aromatic rings. The third-order valence-corrected chi connectivity index (χ3v) is 3.31. The molecular weight excluding hydrogens is 190 g/mol. The number of morpholine rings is 1. The molecule has 0 spiro atoms. The second kappa shape index (κ2) is 5.70. The Morgan fingerprint density at radius 1 is 1.77 bits per heavy atom. The van der Waals surface area contributed by atoms with E-state index in [-0.39, 0.29) is 11.3 Å². The summed E-state index contributed by atoms with van der Waals surface area (Å²) in [4.78, 5) is 0.